The van der Waals surface area contributed by atoms with Crippen LogP contribution >= 0.6 is 15.9 Å². The van der Waals surface area contributed by atoms with Crippen LogP contribution in [-0.4, -0.2) is 58.6 Å². The van der Waals surface area contributed by atoms with Gasteiger partial charge in [-0.25, -0.2) is 0 Å². The van der Waals surface area contributed by atoms with Crippen molar-refractivity contribution in [3.05, 3.63) is 20.7 Å². The molecule has 2 rings (SSSR count). The summed E-state index contributed by atoms with van der Waals surface area (Å²) in [7, 11) is 4.01. The number of halogens is 1. The average molecular weight is 303 g/mol. The fraction of sp³-hybridized carbons (Fsp3) is 0.600. The first-order chi connectivity index (χ1) is 7.99. The van der Waals surface area contributed by atoms with Crippen LogP contribution in [0.4, 0.5) is 0 Å². The highest BCUT2D eigenvalue weighted by Gasteiger charge is 2.26. The molecule has 0 spiro atoms. The van der Waals surface area contributed by atoms with E-state index in [2.05, 4.69) is 35.7 Å². The second-order valence-electron chi connectivity index (χ2n) is 4.35. The molecule has 1 aromatic rings. The molecule has 0 aliphatic carbocycles. The van der Waals surface area contributed by atoms with Gasteiger partial charge in [0.15, 0.2) is 0 Å². The highest BCUT2D eigenvalue weighted by Crippen LogP contribution is 2.23. The molecule has 94 valence electrons. The van der Waals surface area contributed by atoms with Crippen LogP contribution in [0.5, 0.6) is 5.88 Å². The Bertz CT molecular complexity index is 476. The van der Waals surface area contributed by atoms with E-state index in [1.165, 1.54) is 0 Å². The largest absolute Gasteiger partial charge is 0.492 e. The number of H-pyrrole nitrogens is 1. The topological polar surface area (TPSA) is 72.5 Å². The van der Waals surface area contributed by atoms with E-state index in [1.807, 2.05) is 14.1 Å². The highest BCUT2D eigenvalue weighted by molar-refractivity contribution is 9.10. The maximum absolute atomic E-state index is 11.6. The van der Waals surface area contributed by atoms with E-state index >= 15 is 0 Å². The zero-order valence-electron chi connectivity index (χ0n) is 9.77. The van der Waals surface area contributed by atoms with E-state index in [0.717, 1.165) is 19.6 Å². The third-order valence-corrected chi connectivity index (χ3v) is 3.75. The molecule has 2 N–H and O–H groups in total. The zero-order valence-corrected chi connectivity index (χ0v) is 11.4. The van der Waals surface area contributed by atoms with Crippen LogP contribution < -0.4 is 5.56 Å². The summed E-state index contributed by atoms with van der Waals surface area (Å²) < 4.78 is 0.0769. The van der Waals surface area contributed by atoms with E-state index in [4.69, 9.17) is 0 Å². The third kappa shape index (κ3) is 2.51. The van der Waals surface area contributed by atoms with Gasteiger partial charge in [0, 0.05) is 19.6 Å². The first kappa shape index (κ1) is 12.5. The molecule has 17 heavy (non-hydrogen) atoms. The number of nitrogens with one attached hydrogen (secondary N) is 1. The lowest BCUT2D eigenvalue weighted by Gasteiger charge is -2.36. The molecule has 7 heteroatoms. The molecule has 1 unspecified atom stereocenters. The Morgan fingerprint density at radius 2 is 2.18 bits per heavy atom. The van der Waals surface area contributed by atoms with Gasteiger partial charge >= 0.3 is 0 Å². The highest BCUT2D eigenvalue weighted by atomic mass is 79.9. The number of hydrogen-bond acceptors (Lipinski definition) is 5. The Balaban J connectivity index is 2.36. The van der Waals surface area contributed by atoms with Gasteiger partial charge in [0.2, 0.25) is 5.88 Å². The fourth-order valence-electron chi connectivity index (χ4n) is 1.93. The molecule has 6 nitrogen and oxygen atoms in total. The molecule has 0 bridgehead atoms. The second-order valence-corrected chi connectivity index (χ2v) is 5.14. The minimum absolute atomic E-state index is 0.000417. The van der Waals surface area contributed by atoms with Crippen LogP contribution in [0.15, 0.2) is 9.27 Å². The van der Waals surface area contributed by atoms with Crippen LogP contribution in [0.3, 0.4) is 0 Å². The van der Waals surface area contributed by atoms with Crippen LogP contribution in [-0.2, 0) is 0 Å². The van der Waals surface area contributed by atoms with Crippen molar-refractivity contribution in [2.45, 2.75) is 6.04 Å². The van der Waals surface area contributed by atoms with Crippen molar-refractivity contribution in [3.8, 4) is 5.88 Å². The van der Waals surface area contributed by atoms with Crippen LogP contribution in [0.25, 0.3) is 0 Å². The van der Waals surface area contributed by atoms with Crippen LogP contribution in [0, 0.1) is 0 Å². The third-order valence-electron chi connectivity index (χ3n) is 3.03. The van der Waals surface area contributed by atoms with Crippen molar-refractivity contribution < 1.29 is 5.11 Å². The van der Waals surface area contributed by atoms with Gasteiger partial charge in [-0.05, 0) is 30.0 Å². The minimum atomic E-state index is -0.353. The van der Waals surface area contributed by atoms with Crippen molar-refractivity contribution in [1.82, 2.24) is 19.8 Å². The smallest absolute Gasteiger partial charge is 0.269 e. The summed E-state index contributed by atoms with van der Waals surface area (Å²) in [6.45, 7) is 2.67. The van der Waals surface area contributed by atoms with Gasteiger partial charge in [0.05, 0.1) is 6.04 Å². The Morgan fingerprint density at radius 1 is 1.47 bits per heavy atom. The van der Waals surface area contributed by atoms with Crippen molar-refractivity contribution >= 4 is 15.9 Å². The van der Waals surface area contributed by atoms with Gasteiger partial charge in [-0.1, -0.05) is 0 Å². The molecule has 1 aliphatic rings. The number of piperazine rings is 1. The molecule has 0 aromatic carbocycles. The standard InChI is InChI=1S/C10H15BrN4O2/c1-14-3-4-15(2)6(5-14)8-12-9(16)7(11)10(17)13-8/h6H,3-5H2,1-2H3,(H2,12,13,16,17). The Labute approximate surface area is 107 Å². The summed E-state index contributed by atoms with van der Waals surface area (Å²) in [5, 5.41) is 9.55. The van der Waals surface area contributed by atoms with Crippen LogP contribution in [0.1, 0.15) is 11.9 Å². The number of aromatic hydroxyl groups is 1. The first-order valence-corrected chi connectivity index (χ1v) is 6.16. The maximum Gasteiger partial charge on any atom is 0.269 e. The van der Waals surface area contributed by atoms with E-state index in [1.54, 1.807) is 0 Å². The number of aromatic amines is 1. The Kier molecular flexibility index (Phi) is 3.50. The first-order valence-electron chi connectivity index (χ1n) is 5.36. The van der Waals surface area contributed by atoms with Crippen molar-refractivity contribution in [2.24, 2.45) is 0 Å². The molecule has 1 aromatic heterocycles. The van der Waals surface area contributed by atoms with Gasteiger partial charge in [-0.3, -0.25) is 9.69 Å². The summed E-state index contributed by atoms with van der Waals surface area (Å²) in [5.74, 6) is 0.245. The number of nitrogens with zero attached hydrogens (tertiary/aromatic N) is 3. The monoisotopic (exact) mass is 302 g/mol. The molecular weight excluding hydrogens is 288 g/mol. The average Bonchev–Trinajstić information content (AvgIpc) is 2.28. The van der Waals surface area contributed by atoms with Crippen LogP contribution in [0.2, 0.25) is 0 Å². The SMILES string of the molecule is CN1CCN(C)C(c2nc(O)c(Br)c(=O)[nH]2)C1. The summed E-state index contributed by atoms with van der Waals surface area (Å²) in [6, 6.07) is 0.000417. The second kappa shape index (κ2) is 4.75. The molecule has 0 radical (unpaired) electrons. The fourth-order valence-corrected chi connectivity index (χ4v) is 2.11. The predicted molar refractivity (Wildman–Crippen MR) is 67.1 cm³/mol. The van der Waals surface area contributed by atoms with Gasteiger partial charge in [0.25, 0.3) is 5.56 Å². The molecule has 0 amide bonds. The van der Waals surface area contributed by atoms with E-state index in [0.29, 0.717) is 5.82 Å². The molecule has 1 saturated heterocycles. The number of aromatic nitrogens is 2. The lowest BCUT2D eigenvalue weighted by molar-refractivity contribution is 0.109. The molecule has 1 atom stereocenters. The Morgan fingerprint density at radius 3 is 2.82 bits per heavy atom. The van der Waals surface area contributed by atoms with Gasteiger partial charge < -0.3 is 15.0 Å². The number of rotatable bonds is 1. The molecule has 1 fully saturated rings. The molecule has 0 saturated carbocycles. The van der Waals surface area contributed by atoms with Crippen molar-refractivity contribution in [1.29, 1.82) is 0 Å². The summed E-state index contributed by atoms with van der Waals surface area (Å²) >= 11 is 2.98. The summed E-state index contributed by atoms with van der Waals surface area (Å²) in [5.41, 5.74) is -0.353. The van der Waals surface area contributed by atoms with Gasteiger partial charge in [-0.2, -0.15) is 4.98 Å². The number of likely N-dealkylation sites (N-methyl/N-ethyl adjacent to an activating group) is 2. The quantitative estimate of drug-likeness (QED) is 0.773. The lowest BCUT2D eigenvalue weighted by Crippen LogP contribution is -2.45. The summed E-state index contributed by atoms with van der Waals surface area (Å²) in [4.78, 5) is 22.6. The van der Waals surface area contributed by atoms with E-state index in [-0.39, 0.29) is 22.0 Å². The molecule has 1 aliphatic heterocycles. The Hall–Kier alpha value is -0.920. The molecular formula is C10H15BrN4O2. The zero-order chi connectivity index (χ0) is 12.6. The predicted octanol–water partition coefficient (Wildman–Crippen LogP) is 0.156. The van der Waals surface area contributed by atoms with Gasteiger partial charge in [-0.15, -0.1) is 0 Å². The van der Waals surface area contributed by atoms with Crippen molar-refractivity contribution in [2.75, 3.05) is 33.7 Å². The summed E-state index contributed by atoms with van der Waals surface area (Å²) in [6.07, 6.45) is 0. The van der Waals surface area contributed by atoms with E-state index in [9.17, 15) is 9.90 Å². The minimum Gasteiger partial charge on any atom is -0.492 e. The normalized spacial score (nSPS) is 22.9. The van der Waals surface area contributed by atoms with Gasteiger partial charge in [0.1, 0.15) is 10.3 Å². The van der Waals surface area contributed by atoms with Crippen molar-refractivity contribution in [3.63, 3.8) is 0 Å². The number of hydrogen-bond donors (Lipinski definition) is 2. The maximum atomic E-state index is 11.6. The van der Waals surface area contributed by atoms with E-state index < -0.39 is 0 Å². The lowest BCUT2D eigenvalue weighted by atomic mass is 10.1. The molecule has 2 heterocycles.